The first-order valence-electron chi connectivity index (χ1n) is 12.6. The van der Waals surface area contributed by atoms with Crippen LogP contribution in [0.25, 0.3) is 0 Å². The summed E-state index contributed by atoms with van der Waals surface area (Å²) in [5, 5.41) is 10.6. The number of aromatic nitrogens is 3. The summed E-state index contributed by atoms with van der Waals surface area (Å²) in [6.07, 6.45) is 0.874. The maximum atomic E-state index is 13.3. The van der Waals surface area contributed by atoms with Crippen molar-refractivity contribution in [3.8, 4) is 18.1 Å². The van der Waals surface area contributed by atoms with Crippen molar-refractivity contribution < 1.29 is 31.9 Å². The van der Waals surface area contributed by atoms with E-state index < -0.39 is 30.1 Å². The summed E-state index contributed by atoms with van der Waals surface area (Å²) in [5.74, 6) is 2.52. The van der Waals surface area contributed by atoms with Crippen molar-refractivity contribution in [2.24, 2.45) is 5.16 Å². The van der Waals surface area contributed by atoms with Crippen LogP contribution in [0, 0.1) is 12.3 Å². The molecule has 0 saturated carbocycles. The molecule has 1 saturated heterocycles. The lowest BCUT2D eigenvalue weighted by Gasteiger charge is -2.30. The van der Waals surface area contributed by atoms with Crippen LogP contribution in [0.5, 0.6) is 5.75 Å². The summed E-state index contributed by atoms with van der Waals surface area (Å²) in [4.78, 5) is 24.9. The molecule has 0 amide bonds. The van der Waals surface area contributed by atoms with Crippen LogP contribution in [0.1, 0.15) is 76.6 Å². The maximum Gasteiger partial charge on any atom is 0.282 e. The van der Waals surface area contributed by atoms with Gasteiger partial charge in [0.2, 0.25) is 0 Å². The third-order valence-electron chi connectivity index (χ3n) is 6.80. The molecule has 1 fully saturated rings. The van der Waals surface area contributed by atoms with E-state index in [1.54, 1.807) is 0 Å². The van der Waals surface area contributed by atoms with Crippen molar-refractivity contribution in [3.05, 3.63) is 63.4 Å². The number of ether oxygens (including phenoxy) is 1. The summed E-state index contributed by atoms with van der Waals surface area (Å²) in [7, 11) is 0. The Labute approximate surface area is 231 Å². The van der Waals surface area contributed by atoms with Crippen molar-refractivity contribution in [2.45, 2.75) is 44.1 Å². The molecule has 0 radical (unpaired) electrons. The SMILES string of the molecule is C#CCOc1ccc(C2CC(c3csc(C4CCN(CC(=O)n5nc(C(F)F)cc5C(F)F)CC4)n3)=NO2)cc1. The number of terminal acetylenes is 1. The molecular formula is C27H25F4N5O3S. The molecule has 1 unspecified atom stereocenters. The predicted molar refractivity (Wildman–Crippen MR) is 139 cm³/mol. The van der Waals surface area contributed by atoms with Gasteiger partial charge in [-0.2, -0.15) is 9.78 Å². The smallest absolute Gasteiger partial charge is 0.282 e. The van der Waals surface area contributed by atoms with Gasteiger partial charge in [-0.05, 0) is 49.7 Å². The minimum atomic E-state index is -3.08. The fourth-order valence-corrected chi connectivity index (χ4v) is 5.69. The molecule has 40 heavy (non-hydrogen) atoms. The summed E-state index contributed by atoms with van der Waals surface area (Å²) in [6.45, 7) is 1.08. The highest BCUT2D eigenvalue weighted by molar-refractivity contribution is 7.10. The quantitative estimate of drug-likeness (QED) is 0.244. The molecule has 2 aliphatic rings. The number of alkyl halides is 4. The zero-order chi connectivity index (χ0) is 28.2. The van der Waals surface area contributed by atoms with Crippen molar-refractivity contribution >= 4 is 23.0 Å². The van der Waals surface area contributed by atoms with Crippen LogP contribution in [-0.2, 0) is 4.84 Å². The predicted octanol–water partition coefficient (Wildman–Crippen LogP) is 5.61. The van der Waals surface area contributed by atoms with Crippen LogP contribution in [0.15, 0.2) is 40.9 Å². The number of rotatable bonds is 9. The van der Waals surface area contributed by atoms with Crippen LogP contribution in [0.3, 0.4) is 0 Å². The second kappa shape index (κ2) is 12.2. The van der Waals surface area contributed by atoms with Crippen LogP contribution in [0.4, 0.5) is 17.6 Å². The molecule has 210 valence electrons. The van der Waals surface area contributed by atoms with Crippen LogP contribution < -0.4 is 4.74 Å². The van der Waals surface area contributed by atoms with Gasteiger partial charge in [0.05, 0.1) is 17.2 Å². The summed E-state index contributed by atoms with van der Waals surface area (Å²) in [5.41, 5.74) is 0.833. The zero-order valence-electron chi connectivity index (χ0n) is 21.2. The van der Waals surface area contributed by atoms with E-state index in [2.05, 4.69) is 16.2 Å². The number of carbonyl (C=O) groups excluding carboxylic acids is 1. The van der Waals surface area contributed by atoms with Crippen LogP contribution >= 0.6 is 11.3 Å². The molecular weight excluding hydrogens is 550 g/mol. The minimum absolute atomic E-state index is 0.172. The van der Waals surface area contributed by atoms with Gasteiger partial charge < -0.3 is 9.57 Å². The van der Waals surface area contributed by atoms with Crippen LogP contribution in [0.2, 0.25) is 0 Å². The number of benzene rings is 1. The topological polar surface area (TPSA) is 81.8 Å². The second-order valence-electron chi connectivity index (χ2n) is 9.42. The molecule has 8 nitrogen and oxygen atoms in total. The van der Waals surface area contributed by atoms with E-state index in [1.807, 2.05) is 34.5 Å². The van der Waals surface area contributed by atoms with Crippen molar-refractivity contribution in [3.63, 3.8) is 0 Å². The maximum absolute atomic E-state index is 13.3. The second-order valence-corrected chi connectivity index (χ2v) is 10.3. The standard InChI is InChI=1S/C27H25F4N5O3S/c1-2-11-38-18-5-3-16(4-6-18)23-13-19(34-39-23)21-15-40-27(32-21)17-7-9-35(10-8-17)14-24(37)36-22(26(30)31)12-20(33-36)25(28)29/h1,3-6,12,15,17,23,25-26H,7-11,13-14H2. The third-order valence-corrected chi connectivity index (χ3v) is 7.80. The fraction of sp³-hybridized carbons (Fsp3) is 0.407. The number of piperidine rings is 1. The Morgan fingerprint density at radius 2 is 1.93 bits per heavy atom. The van der Waals surface area contributed by atoms with Gasteiger partial charge in [-0.3, -0.25) is 9.69 Å². The number of hydrogen-bond donors (Lipinski definition) is 0. The normalized spacial score (nSPS) is 18.1. The van der Waals surface area contributed by atoms with E-state index in [-0.39, 0.29) is 25.2 Å². The lowest BCUT2D eigenvalue weighted by molar-refractivity contribution is 0.0767. The van der Waals surface area contributed by atoms with Crippen molar-refractivity contribution in [2.75, 3.05) is 26.2 Å². The molecule has 0 N–H and O–H groups in total. The molecule has 0 aliphatic carbocycles. The van der Waals surface area contributed by atoms with Crippen LogP contribution in [-0.4, -0.2) is 57.5 Å². The Balaban J connectivity index is 1.13. The zero-order valence-corrected chi connectivity index (χ0v) is 22.0. The van der Waals surface area contributed by atoms with Gasteiger partial charge in [-0.15, -0.1) is 17.8 Å². The highest BCUT2D eigenvalue weighted by atomic mass is 32.1. The molecule has 4 heterocycles. The number of nitrogens with zero attached hydrogens (tertiary/aromatic N) is 5. The highest BCUT2D eigenvalue weighted by Crippen LogP contribution is 2.34. The van der Waals surface area contributed by atoms with E-state index in [0.717, 1.165) is 22.0 Å². The number of hydrogen-bond acceptors (Lipinski definition) is 8. The average molecular weight is 576 g/mol. The highest BCUT2D eigenvalue weighted by Gasteiger charge is 2.30. The van der Waals surface area contributed by atoms with Gasteiger partial charge in [0.1, 0.15) is 29.5 Å². The molecule has 13 heteroatoms. The molecule has 3 aromatic rings. The first kappa shape index (κ1) is 27.8. The molecule has 1 atom stereocenters. The first-order chi connectivity index (χ1) is 19.3. The monoisotopic (exact) mass is 575 g/mol. The van der Waals surface area contributed by atoms with Gasteiger partial charge in [0.25, 0.3) is 18.8 Å². The van der Waals surface area contributed by atoms with Gasteiger partial charge in [0.15, 0.2) is 6.10 Å². The van der Waals surface area contributed by atoms with E-state index in [4.69, 9.17) is 21.0 Å². The largest absolute Gasteiger partial charge is 0.481 e. The first-order valence-corrected chi connectivity index (χ1v) is 13.5. The number of halogens is 4. The molecule has 0 bridgehead atoms. The summed E-state index contributed by atoms with van der Waals surface area (Å²) < 4.78 is 58.2. The van der Waals surface area contributed by atoms with Gasteiger partial charge in [0, 0.05) is 17.7 Å². The summed E-state index contributed by atoms with van der Waals surface area (Å²) in [6, 6.07) is 8.08. The van der Waals surface area contributed by atoms with Crippen molar-refractivity contribution in [1.29, 1.82) is 0 Å². The Hall–Kier alpha value is -3.76. The molecule has 1 aromatic carbocycles. The Kier molecular flexibility index (Phi) is 8.46. The fourth-order valence-electron chi connectivity index (χ4n) is 4.69. The Bertz CT molecular complexity index is 1410. The van der Waals surface area contributed by atoms with E-state index >= 15 is 0 Å². The third kappa shape index (κ3) is 6.18. The minimum Gasteiger partial charge on any atom is -0.481 e. The number of carbonyl (C=O) groups is 1. The molecule has 5 rings (SSSR count). The molecule has 2 aliphatic heterocycles. The molecule has 2 aromatic heterocycles. The lowest BCUT2D eigenvalue weighted by Crippen LogP contribution is -2.39. The lowest BCUT2D eigenvalue weighted by atomic mass is 9.97. The summed E-state index contributed by atoms with van der Waals surface area (Å²) >= 11 is 1.54. The van der Waals surface area contributed by atoms with E-state index in [0.29, 0.717) is 48.8 Å². The number of oxime groups is 1. The average Bonchev–Trinajstić information content (AvgIpc) is 3.72. The van der Waals surface area contributed by atoms with E-state index in [1.165, 1.54) is 11.3 Å². The van der Waals surface area contributed by atoms with E-state index in [9.17, 15) is 22.4 Å². The van der Waals surface area contributed by atoms with Gasteiger partial charge in [-0.25, -0.2) is 22.5 Å². The Morgan fingerprint density at radius 3 is 2.60 bits per heavy atom. The van der Waals surface area contributed by atoms with Gasteiger partial charge >= 0.3 is 0 Å². The van der Waals surface area contributed by atoms with Crippen molar-refractivity contribution in [1.82, 2.24) is 19.7 Å². The number of likely N-dealkylation sites (tertiary alicyclic amines) is 1. The van der Waals surface area contributed by atoms with Gasteiger partial charge in [-0.1, -0.05) is 23.2 Å². The molecule has 0 spiro atoms. The Morgan fingerprint density at radius 1 is 1.18 bits per heavy atom. The number of thiazole rings is 1.